The molecule has 1 aromatic heterocycles. The number of rotatable bonds is 1. The lowest BCUT2D eigenvalue weighted by Crippen LogP contribution is -2.54. The van der Waals surface area contributed by atoms with Gasteiger partial charge in [-0.15, -0.1) is 0 Å². The number of hydrogen-bond acceptors (Lipinski definition) is 4. The predicted octanol–water partition coefficient (Wildman–Crippen LogP) is 1.68. The first kappa shape index (κ1) is 16.1. The molecule has 0 aliphatic carbocycles. The lowest BCUT2D eigenvalue weighted by Gasteiger charge is -2.44. The highest BCUT2D eigenvalue weighted by Gasteiger charge is 2.40. The summed E-state index contributed by atoms with van der Waals surface area (Å²) in [5.41, 5.74) is 1.14. The van der Waals surface area contributed by atoms with Gasteiger partial charge in [0.15, 0.2) is 0 Å². The maximum Gasteiger partial charge on any atom is 0.319 e. The fourth-order valence-electron chi connectivity index (χ4n) is 3.66. The van der Waals surface area contributed by atoms with Gasteiger partial charge < -0.3 is 19.4 Å². The third-order valence-electron chi connectivity index (χ3n) is 4.77. The second kappa shape index (κ2) is 6.74. The molecule has 0 N–H and O–H groups in total. The van der Waals surface area contributed by atoms with E-state index < -0.39 is 0 Å². The molecule has 1 atom stereocenters. The minimum Gasteiger partial charge on any atom is -0.379 e. The second-order valence-electron chi connectivity index (χ2n) is 6.89. The summed E-state index contributed by atoms with van der Waals surface area (Å²) < 4.78 is 5.91. The molecule has 0 radical (unpaired) electrons. The summed E-state index contributed by atoms with van der Waals surface area (Å²) in [7, 11) is 3.63. The number of carbonyl (C=O) groups is 1. The van der Waals surface area contributed by atoms with Crippen molar-refractivity contribution in [2.75, 3.05) is 58.4 Å². The molecule has 2 fully saturated rings. The van der Waals surface area contributed by atoms with Crippen LogP contribution in [0.3, 0.4) is 0 Å². The molecule has 3 rings (SSSR count). The van der Waals surface area contributed by atoms with Crippen molar-refractivity contribution in [3.8, 4) is 0 Å². The summed E-state index contributed by atoms with van der Waals surface area (Å²) in [6, 6.07) is 4.16. The molecule has 0 saturated carbocycles. The van der Waals surface area contributed by atoms with Crippen molar-refractivity contribution in [2.45, 2.75) is 12.8 Å². The van der Waals surface area contributed by atoms with Gasteiger partial charge in [0.1, 0.15) is 0 Å². The SMILES string of the molecule is CN(C)C(=O)N1CCC[C@@]2(COCCN(c3cccnc3)C2)C1. The van der Waals surface area contributed by atoms with Gasteiger partial charge in [0, 0.05) is 51.9 Å². The summed E-state index contributed by atoms with van der Waals surface area (Å²) in [5, 5.41) is 0. The molecule has 6 nitrogen and oxygen atoms in total. The van der Waals surface area contributed by atoms with Crippen LogP contribution in [-0.2, 0) is 4.74 Å². The summed E-state index contributed by atoms with van der Waals surface area (Å²) >= 11 is 0. The van der Waals surface area contributed by atoms with Gasteiger partial charge in [0.05, 0.1) is 25.1 Å². The van der Waals surface area contributed by atoms with E-state index in [2.05, 4.69) is 16.0 Å². The van der Waals surface area contributed by atoms with Crippen LogP contribution in [0.2, 0.25) is 0 Å². The van der Waals surface area contributed by atoms with Gasteiger partial charge in [0.25, 0.3) is 0 Å². The fourth-order valence-corrected chi connectivity index (χ4v) is 3.66. The minimum atomic E-state index is 0.0102. The fraction of sp³-hybridized carbons (Fsp3) is 0.647. The Morgan fingerprint density at radius 3 is 2.96 bits per heavy atom. The first-order chi connectivity index (χ1) is 11.1. The normalized spacial score (nSPS) is 25.3. The van der Waals surface area contributed by atoms with Crippen LogP contribution in [0.1, 0.15) is 12.8 Å². The molecule has 23 heavy (non-hydrogen) atoms. The van der Waals surface area contributed by atoms with Crippen LogP contribution >= 0.6 is 0 Å². The molecule has 1 spiro atoms. The zero-order chi connectivity index (χ0) is 16.3. The molecule has 6 heteroatoms. The van der Waals surface area contributed by atoms with E-state index >= 15 is 0 Å². The monoisotopic (exact) mass is 318 g/mol. The number of carbonyl (C=O) groups excluding carboxylic acids is 1. The van der Waals surface area contributed by atoms with Gasteiger partial charge in [-0.1, -0.05) is 0 Å². The first-order valence-corrected chi connectivity index (χ1v) is 8.29. The molecule has 0 aromatic carbocycles. The first-order valence-electron chi connectivity index (χ1n) is 8.29. The summed E-state index contributed by atoms with van der Waals surface area (Å²) in [6.07, 6.45) is 5.83. The van der Waals surface area contributed by atoms with E-state index in [4.69, 9.17) is 4.74 Å². The topological polar surface area (TPSA) is 48.9 Å². The van der Waals surface area contributed by atoms with Crippen molar-refractivity contribution in [3.05, 3.63) is 24.5 Å². The van der Waals surface area contributed by atoms with E-state index in [1.807, 2.05) is 31.3 Å². The van der Waals surface area contributed by atoms with Crippen molar-refractivity contribution in [3.63, 3.8) is 0 Å². The second-order valence-corrected chi connectivity index (χ2v) is 6.89. The highest BCUT2D eigenvalue weighted by atomic mass is 16.5. The lowest BCUT2D eigenvalue weighted by atomic mass is 9.80. The molecule has 0 bridgehead atoms. The van der Waals surface area contributed by atoms with Crippen LogP contribution in [0.4, 0.5) is 10.5 Å². The van der Waals surface area contributed by atoms with E-state index in [0.29, 0.717) is 0 Å². The molecule has 2 aliphatic heterocycles. The maximum atomic E-state index is 12.3. The number of pyridine rings is 1. The number of urea groups is 1. The van der Waals surface area contributed by atoms with Crippen molar-refractivity contribution in [1.82, 2.24) is 14.8 Å². The van der Waals surface area contributed by atoms with Gasteiger partial charge >= 0.3 is 6.03 Å². The van der Waals surface area contributed by atoms with Crippen molar-refractivity contribution in [2.24, 2.45) is 5.41 Å². The molecule has 126 valence electrons. The van der Waals surface area contributed by atoms with Crippen LogP contribution in [0.5, 0.6) is 0 Å². The molecule has 0 unspecified atom stereocenters. The zero-order valence-electron chi connectivity index (χ0n) is 14.1. The van der Waals surface area contributed by atoms with Crippen molar-refractivity contribution >= 4 is 11.7 Å². The number of ether oxygens (including phenoxy) is 1. The van der Waals surface area contributed by atoms with E-state index in [1.54, 1.807) is 11.1 Å². The van der Waals surface area contributed by atoms with Gasteiger partial charge in [0.2, 0.25) is 0 Å². The minimum absolute atomic E-state index is 0.0102. The van der Waals surface area contributed by atoms with E-state index in [-0.39, 0.29) is 11.4 Å². The summed E-state index contributed by atoms with van der Waals surface area (Å²) in [5.74, 6) is 0. The molecule has 2 amide bonds. The maximum absolute atomic E-state index is 12.3. The Kier molecular flexibility index (Phi) is 4.71. The Labute approximate surface area is 138 Å². The van der Waals surface area contributed by atoms with Crippen LogP contribution < -0.4 is 4.90 Å². The smallest absolute Gasteiger partial charge is 0.319 e. The molecule has 1 aromatic rings. The average Bonchev–Trinajstić information content (AvgIpc) is 2.77. The largest absolute Gasteiger partial charge is 0.379 e. The Hall–Kier alpha value is -1.82. The number of aromatic nitrogens is 1. The molecular weight excluding hydrogens is 292 g/mol. The Balaban J connectivity index is 1.77. The number of likely N-dealkylation sites (tertiary alicyclic amines) is 1. The Morgan fingerprint density at radius 1 is 1.35 bits per heavy atom. The molecular formula is C17H26N4O2. The highest BCUT2D eigenvalue weighted by Crippen LogP contribution is 2.34. The number of amides is 2. The summed E-state index contributed by atoms with van der Waals surface area (Å²) in [6.45, 7) is 4.83. The number of nitrogens with zero attached hydrogens (tertiary/aromatic N) is 4. The summed E-state index contributed by atoms with van der Waals surface area (Å²) in [4.78, 5) is 22.6. The van der Waals surface area contributed by atoms with Crippen LogP contribution in [0, 0.1) is 5.41 Å². The zero-order valence-corrected chi connectivity index (χ0v) is 14.1. The number of anilines is 1. The van der Waals surface area contributed by atoms with Crippen LogP contribution in [0.25, 0.3) is 0 Å². The molecule has 2 aliphatic rings. The third kappa shape index (κ3) is 3.58. The van der Waals surface area contributed by atoms with E-state index in [1.165, 1.54) is 0 Å². The van der Waals surface area contributed by atoms with E-state index in [9.17, 15) is 4.79 Å². The van der Waals surface area contributed by atoms with Gasteiger partial charge in [-0.05, 0) is 25.0 Å². The van der Waals surface area contributed by atoms with Crippen molar-refractivity contribution in [1.29, 1.82) is 0 Å². The van der Waals surface area contributed by atoms with Gasteiger partial charge in [-0.3, -0.25) is 4.98 Å². The molecule has 3 heterocycles. The van der Waals surface area contributed by atoms with Gasteiger partial charge in [-0.25, -0.2) is 4.79 Å². The highest BCUT2D eigenvalue weighted by molar-refractivity contribution is 5.74. The van der Waals surface area contributed by atoms with E-state index in [0.717, 1.165) is 57.9 Å². The Bertz CT molecular complexity index is 537. The molecule has 2 saturated heterocycles. The predicted molar refractivity (Wildman–Crippen MR) is 89.6 cm³/mol. The lowest BCUT2D eigenvalue weighted by molar-refractivity contribution is 0.0210. The third-order valence-corrected chi connectivity index (χ3v) is 4.77. The quantitative estimate of drug-likeness (QED) is 0.790. The van der Waals surface area contributed by atoms with Crippen molar-refractivity contribution < 1.29 is 9.53 Å². The van der Waals surface area contributed by atoms with Gasteiger partial charge in [-0.2, -0.15) is 0 Å². The number of piperidine rings is 1. The standard InChI is InChI=1S/C17H26N4O2/c1-19(2)16(22)21-8-4-6-17(13-21)12-20(9-10-23-14-17)15-5-3-7-18-11-15/h3,5,7,11H,4,6,8-10,12-14H2,1-2H3/t17-/m0/s1. The van der Waals surface area contributed by atoms with Crippen LogP contribution in [-0.4, -0.2) is 74.3 Å². The average molecular weight is 318 g/mol. The number of hydrogen-bond donors (Lipinski definition) is 0. The van der Waals surface area contributed by atoms with Crippen LogP contribution in [0.15, 0.2) is 24.5 Å². The Morgan fingerprint density at radius 2 is 2.22 bits per heavy atom.